The fourth-order valence-corrected chi connectivity index (χ4v) is 4.75. The van der Waals surface area contributed by atoms with E-state index in [1.165, 1.54) is 5.56 Å². The monoisotopic (exact) mass is 444 g/mol. The van der Waals surface area contributed by atoms with Crippen LogP contribution in [0, 0.1) is 0 Å². The highest BCUT2D eigenvalue weighted by Gasteiger charge is 2.39. The predicted octanol–water partition coefficient (Wildman–Crippen LogP) is 2.62. The highest BCUT2D eigenvalue weighted by molar-refractivity contribution is 5.82. The van der Waals surface area contributed by atoms with Gasteiger partial charge in [-0.15, -0.1) is 0 Å². The van der Waals surface area contributed by atoms with Crippen LogP contribution in [0.2, 0.25) is 0 Å². The van der Waals surface area contributed by atoms with Gasteiger partial charge in [0.05, 0.1) is 19.7 Å². The van der Waals surface area contributed by atoms with Gasteiger partial charge in [-0.05, 0) is 51.3 Å². The van der Waals surface area contributed by atoms with Crippen molar-refractivity contribution in [1.82, 2.24) is 15.1 Å². The molecule has 3 aliphatic rings. The number of hydrogen-bond acceptors (Lipinski definition) is 7. The third-order valence-corrected chi connectivity index (χ3v) is 6.60. The number of benzene rings is 1. The summed E-state index contributed by atoms with van der Waals surface area (Å²) in [6.45, 7) is 10.8. The number of methoxy groups -OCH3 is 1. The number of nitrogens with zero attached hydrogens (tertiary/aromatic N) is 3. The lowest BCUT2D eigenvalue weighted by Crippen LogP contribution is -2.58. The van der Waals surface area contributed by atoms with Gasteiger partial charge in [-0.25, -0.2) is 4.79 Å². The van der Waals surface area contributed by atoms with Crippen LogP contribution < -0.4 is 10.1 Å². The van der Waals surface area contributed by atoms with E-state index in [2.05, 4.69) is 22.3 Å². The Bertz CT molecular complexity index is 827. The van der Waals surface area contributed by atoms with Crippen molar-refractivity contribution >= 4 is 12.1 Å². The maximum atomic E-state index is 12.5. The summed E-state index contributed by atoms with van der Waals surface area (Å²) in [4.78, 5) is 21.4. The molecule has 3 aliphatic heterocycles. The van der Waals surface area contributed by atoms with Gasteiger partial charge in [0.15, 0.2) is 5.96 Å². The molecule has 1 N–H and O–H groups in total. The minimum atomic E-state index is -0.480. The lowest BCUT2D eigenvalue weighted by Gasteiger charge is -2.41. The molecule has 2 fully saturated rings. The van der Waals surface area contributed by atoms with E-state index in [9.17, 15) is 4.79 Å². The molecular formula is C24H36N4O4. The summed E-state index contributed by atoms with van der Waals surface area (Å²) in [5.74, 6) is 1.81. The number of amides is 1. The molecule has 1 aromatic carbocycles. The standard InChI is InChI=1S/C24H36N4O4/c1-23(2,3)32-22(29)27-11-12-28-19(16-27)15-25-21(28)26-17-24(9-13-31-14-10-24)18-5-7-20(30-4)8-6-18/h5-8,19H,9-17H2,1-4H3,(H,25,26). The Labute approximate surface area is 190 Å². The second-order valence-corrected chi connectivity index (χ2v) is 9.91. The zero-order valence-electron chi connectivity index (χ0n) is 19.7. The van der Waals surface area contributed by atoms with Gasteiger partial charge in [0.1, 0.15) is 11.4 Å². The fourth-order valence-electron chi connectivity index (χ4n) is 4.75. The number of hydrogen-bond donors (Lipinski definition) is 1. The Morgan fingerprint density at radius 2 is 1.94 bits per heavy atom. The molecule has 1 aromatic rings. The number of carbonyl (C=O) groups is 1. The van der Waals surface area contributed by atoms with E-state index in [-0.39, 0.29) is 17.6 Å². The second kappa shape index (κ2) is 9.17. The van der Waals surface area contributed by atoms with Crippen molar-refractivity contribution in [2.45, 2.75) is 50.7 Å². The molecule has 1 atom stereocenters. The topological polar surface area (TPSA) is 75.6 Å². The van der Waals surface area contributed by atoms with Crippen LogP contribution in [0.4, 0.5) is 4.79 Å². The average Bonchev–Trinajstić information content (AvgIpc) is 3.19. The first-order valence-corrected chi connectivity index (χ1v) is 11.5. The number of ether oxygens (including phenoxy) is 3. The molecule has 0 saturated carbocycles. The first kappa shape index (κ1) is 22.7. The first-order chi connectivity index (χ1) is 15.3. The lowest BCUT2D eigenvalue weighted by atomic mass is 9.74. The molecule has 8 heteroatoms. The number of fused-ring (bicyclic) bond motifs is 1. The number of nitrogens with one attached hydrogen (secondary N) is 1. The predicted molar refractivity (Wildman–Crippen MR) is 123 cm³/mol. The summed E-state index contributed by atoms with van der Waals surface area (Å²) < 4.78 is 16.6. The van der Waals surface area contributed by atoms with Gasteiger partial charge in [-0.2, -0.15) is 0 Å². The van der Waals surface area contributed by atoms with Crippen molar-refractivity contribution in [3.8, 4) is 5.75 Å². The van der Waals surface area contributed by atoms with Gasteiger partial charge in [-0.1, -0.05) is 12.1 Å². The van der Waals surface area contributed by atoms with Crippen molar-refractivity contribution in [1.29, 1.82) is 0 Å². The van der Waals surface area contributed by atoms with Gasteiger partial charge >= 0.3 is 6.09 Å². The van der Waals surface area contributed by atoms with E-state index >= 15 is 0 Å². The van der Waals surface area contributed by atoms with E-state index in [1.54, 1.807) is 7.11 Å². The van der Waals surface area contributed by atoms with Crippen molar-refractivity contribution in [2.24, 2.45) is 4.99 Å². The van der Waals surface area contributed by atoms with Gasteiger partial charge in [0.25, 0.3) is 0 Å². The van der Waals surface area contributed by atoms with E-state index in [4.69, 9.17) is 19.2 Å². The smallest absolute Gasteiger partial charge is 0.410 e. The summed E-state index contributed by atoms with van der Waals surface area (Å²) in [7, 11) is 1.69. The summed E-state index contributed by atoms with van der Waals surface area (Å²) in [6, 6.07) is 8.61. The molecule has 4 rings (SSSR count). The molecule has 1 amide bonds. The molecule has 0 bridgehead atoms. The third kappa shape index (κ3) is 4.95. The number of rotatable bonds is 4. The molecule has 3 heterocycles. The summed E-state index contributed by atoms with van der Waals surface area (Å²) in [6.07, 6.45) is 1.70. The van der Waals surface area contributed by atoms with Crippen LogP contribution in [-0.2, 0) is 14.9 Å². The number of piperazine rings is 1. The molecular weight excluding hydrogens is 408 g/mol. The van der Waals surface area contributed by atoms with Crippen LogP contribution in [0.1, 0.15) is 39.2 Å². The SMILES string of the molecule is COc1ccc(C2(CNC3=NCC4CN(C(=O)OC(C)(C)C)CCN34)CCOCC2)cc1. The zero-order chi connectivity index (χ0) is 22.8. The number of aliphatic imine (C=N–C) groups is 1. The zero-order valence-corrected chi connectivity index (χ0v) is 19.7. The molecule has 32 heavy (non-hydrogen) atoms. The third-order valence-electron chi connectivity index (χ3n) is 6.60. The minimum absolute atomic E-state index is 0.00344. The van der Waals surface area contributed by atoms with E-state index < -0.39 is 5.60 Å². The van der Waals surface area contributed by atoms with E-state index in [0.29, 0.717) is 19.6 Å². The van der Waals surface area contributed by atoms with E-state index in [1.807, 2.05) is 37.8 Å². The highest BCUT2D eigenvalue weighted by atomic mass is 16.6. The second-order valence-electron chi connectivity index (χ2n) is 9.91. The Morgan fingerprint density at radius 1 is 1.22 bits per heavy atom. The molecule has 8 nitrogen and oxygen atoms in total. The lowest BCUT2D eigenvalue weighted by molar-refractivity contribution is 0.0136. The number of carbonyl (C=O) groups excluding carboxylic acids is 1. The Morgan fingerprint density at radius 3 is 2.59 bits per heavy atom. The molecule has 0 aliphatic carbocycles. The van der Waals surface area contributed by atoms with Crippen molar-refractivity contribution in [3.05, 3.63) is 29.8 Å². The van der Waals surface area contributed by atoms with Crippen LogP contribution in [0.3, 0.4) is 0 Å². The summed E-state index contributed by atoms with van der Waals surface area (Å²) in [5, 5.41) is 3.66. The van der Waals surface area contributed by atoms with Crippen LogP contribution in [-0.4, -0.2) is 86.5 Å². The van der Waals surface area contributed by atoms with Crippen LogP contribution in [0.25, 0.3) is 0 Å². The Hall–Kier alpha value is -2.48. The molecule has 176 valence electrons. The molecule has 0 spiro atoms. The number of guanidine groups is 1. The van der Waals surface area contributed by atoms with Crippen molar-refractivity contribution in [3.63, 3.8) is 0 Å². The molecule has 0 aromatic heterocycles. The van der Waals surface area contributed by atoms with Gasteiger partial charge in [0, 0.05) is 44.8 Å². The van der Waals surface area contributed by atoms with Gasteiger partial charge in [-0.3, -0.25) is 4.99 Å². The van der Waals surface area contributed by atoms with Gasteiger partial charge < -0.3 is 29.3 Å². The van der Waals surface area contributed by atoms with Gasteiger partial charge in [0.2, 0.25) is 0 Å². The van der Waals surface area contributed by atoms with Crippen LogP contribution in [0.15, 0.2) is 29.3 Å². The largest absolute Gasteiger partial charge is 0.497 e. The fraction of sp³-hybridized carbons (Fsp3) is 0.667. The molecule has 2 saturated heterocycles. The normalized spacial score (nSPS) is 22.8. The quantitative estimate of drug-likeness (QED) is 0.770. The molecule has 0 radical (unpaired) electrons. The van der Waals surface area contributed by atoms with Crippen LogP contribution in [0.5, 0.6) is 5.75 Å². The van der Waals surface area contributed by atoms with Crippen molar-refractivity contribution < 1.29 is 19.0 Å². The van der Waals surface area contributed by atoms with Crippen molar-refractivity contribution in [2.75, 3.05) is 53.0 Å². The van der Waals surface area contributed by atoms with Crippen LogP contribution >= 0.6 is 0 Å². The Balaban J connectivity index is 1.38. The first-order valence-electron chi connectivity index (χ1n) is 11.5. The molecule has 1 unspecified atom stereocenters. The Kier molecular flexibility index (Phi) is 6.51. The summed E-state index contributed by atoms with van der Waals surface area (Å²) in [5.41, 5.74) is 0.828. The average molecular weight is 445 g/mol. The van der Waals surface area contributed by atoms with E-state index in [0.717, 1.165) is 50.9 Å². The maximum Gasteiger partial charge on any atom is 0.410 e. The highest BCUT2D eigenvalue weighted by Crippen LogP contribution is 2.35. The maximum absolute atomic E-state index is 12.5. The summed E-state index contributed by atoms with van der Waals surface area (Å²) >= 11 is 0. The minimum Gasteiger partial charge on any atom is -0.497 e.